The number of rotatable bonds is 8. The number of carbonyl (C=O) groups is 2. The van der Waals surface area contributed by atoms with Gasteiger partial charge in [-0.1, -0.05) is 20.8 Å². The van der Waals surface area contributed by atoms with E-state index in [4.69, 9.17) is 5.73 Å². The van der Waals surface area contributed by atoms with Crippen LogP contribution in [0.4, 0.5) is 0 Å². The lowest BCUT2D eigenvalue weighted by atomic mass is 9.91. The monoisotopic (exact) mass is 257 g/mol. The Labute approximate surface area is 110 Å². The average Bonchev–Trinajstić information content (AvgIpc) is 2.25. The molecule has 106 valence electrons. The van der Waals surface area contributed by atoms with Crippen LogP contribution < -0.4 is 16.4 Å². The van der Waals surface area contributed by atoms with Crippen molar-refractivity contribution in [2.75, 3.05) is 13.1 Å². The molecular weight excluding hydrogens is 230 g/mol. The molecule has 0 aromatic carbocycles. The van der Waals surface area contributed by atoms with Gasteiger partial charge in [-0.05, 0) is 25.7 Å². The topological polar surface area (TPSA) is 84.2 Å². The van der Waals surface area contributed by atoms with Crippen LogP contribution in [0.2, 0.25) is 0 Å². The summed E-state index contributed by atoms with van der Waals surface area (Å²) in [6.45, 7) is 8.44. The summed E-state index contributed by atoms with van der Waals surface area (Å²) in [7, 11) is 0. The van der Waals surface area contributed by atoms with Gasteiger partial charge in [-0.25, -0.2) is 0 Å². The second-order valence-corrected chi connectivity index (χ2v) is 5.44. The van der Waals surface area contributed by atoms with Crippen molar-refractivity contribution in [2.24, 2.45) is 11.7 Å². The number of hydrogen-bond donors (Lipinski definition) is 3. The molecule has 18 heavy (non-hydrogen) atoms. The van der Waals surface area contributed by atoms with Crippen molar-refractivity contribution in [3.8, 4) is 0 Å². The summed E-state index contributed by atoms with van der Waals surface area (Å²) in [6.07, 6.45) is 2.05. The fourth-order valence-corrected chi connectivity index (χ4v) is 1.96. The number of carbonyl (C=O) groups excluding carboxylic acids is 2. The molecule has 1 unspecified atom stereocenters. The first-order valence-corrected chi connectivity index (χ1v) is 6.60. The maximum atomic E-state index is 11.7. The Hall–Kier alpha value is -1.10. The van der Waals surface area contributed by atoms with Crippen LogP contribution in [0.15, 0.2) is 0 Å². The molecule has 0 radical (unpaired) electrons. The van der Waals surface area contributed by atoms with E-state index in [0.717, 1.165) is 12.8 Å². The number of amides is 2. The molecule has 4 N–H and O–H groups in total. The molecule has 0 fully saturated rings. The van der Waals surface area contributed by atoms with Gasteiger partial charge >= 0.3 is 0 Å². The summed E-state index contributed by atoms with van der Waals surface area (Å²) in [5, 5.41) is 5.48. The minimum Gasteiger partial charge on any atom is -0.348 e. The molecule has 5 nitrogen and oxygen atoms in total. The van der Waals surface area contributed by atoms with Gasteiger partial charge in [-0.15, -0.1) is 0 Å². The first kappa shape index (κ1) is 16.9. The van der Waals surface area contributed by atoms with Gasteiger partial charge in [0.25, 0.3) is 0 Å². The standard InChI is InChI=1S/C13H27N3O2/c1-5-6-11(17)15-8-12(18)16-13(4,9-14)7-10(2)3/h10H,5-9,14H2,1-4H3,(H,15,17)(H,16,18). The third-order valence-electron chi connectivity index (χ3n) is 2.67. The zero-order chi connectivity index (χ0) is 14.2. The largest absolute Gasteiger partial charge is 0.348 e. The van der Waals surface area contributed by atoms with Crippen molar-refractivity contribution < 1.29 is 9.59 Å². The van der Waals surface area contributed by atoms with Crippen molar-refractivity contribution in [1.82, 2.24) is 10.6 Å². The SMILES string of the molecule is CCCC(=O)NCC(=O)NC(C)(CN)CC(C)C. The summed E-state index contributed by atoms with van der Waals surface area (Å²) in [4.78, 5) is 23.0. The van der Waals surface area contributed by atoms with Crippen molar-refractivity contribution in [3.05, 3.63) is 0 Å². The van der Waals surface area contributed by atoms with E-state index < -0.39 is 5.54 Å². The highest BCUT2D eigenvalue weighted by atomic mass is 16.2. The van der Waals surface area contributed by atoms with E-state index in [2.05, 4.69) is 24.5 Å². The van der Waals surface area contributed by atoms with E-state index in [9.17, 15) is 9.59 Å². The van der Waals surface area contributed by atoms with Crippen LogP contribution in [-0.4, -0.2) is 30.4 Å². The maximum absolute atomic E-state index is 11.7. The first-order chi connectivity index (χ1) is 8.33. The normalized spacial score (nSPS) is 14.1. The lowest BCUT2D eigenvalue weighted by Crippen LogP contribution is -2.54. The maximum Gasteiger partial charge on any atom is 0.239 e. The van der Waals surface area contributed by atoms with Gasteiger partial charge in [0.1, 0.15) is 0 Å². The Morgan fingerprint density at radius 3 is 2.33 bits per heavy atom. The lowest BCUT2D eigenvalue weighted by Gasteiger charge is -2.31. The van der Waals surface area contributed by atoms with Crippen LogP contribution >= 0.6 is 0 Å². The molecule has 0 aliphatic heterocycles. The van der Waals surface area contributed by atoms with Crippen LogP contribution in [0.3, 0.4) is 0 Å². The minimum atomic E-state index is -0.402. The highest BCUT2D eigenvalue weighted by Gasteiger charge is 2.25. The molecule has 5 heteroatoms. The average molecular weight is 257 g/mol. The summed E-state index contributed by atoms with van der Waals surface area (Å²) < 4.78 is 0. The summed E-state index contributed by atoms with van der Waals surface area (Å²) in [5.41, 5.74) is 5.30. The molecular formula is C13H27N3O2. The van der Waals surface area contributed by atoms with Crippen LogP contribution in [0.25, 0.3) is 0 Å². The highest BCUT2D eigenvalue weighted by molar-refractivity contribution is 5.85. The summed E-state index contributed by atoms with van der Waals surface area (Å²) in [5.74, 6) is 0.174. The quantitative estimate of drug-likeness (QED) is 0.601. The molecule has 0 aromatic rings. The van der Waals surface area contributed by atoms with E-state index in [1.165, 1.54) is 0 Å². The van der Waals surface area contributed by atoms with Crippen molar-refractivity contribution >= 4 is 11.8 Å². The Morgan fingerprint density at radius 1 is 1.28 bits per heavy atom. The molecule has 2 amide bonds. The molecule has 1 atom stereocenters. The number of hydrogen-bond acceptors (Lipinski definition) is 3. The minimum absolute atomic E-state index is 0.0204. The highest BCUT2D eigenvalue weighted by Crippen LogP contribution is 2.14. The predicted molar refractivity (Wildman–Crippen MR) is 73.0 cm³/mol. The van der Waals surface area contributed by atoms with Crippen molar-refractivity contribution in [3.63, 3.8) is 0 Å². The van der Waals surface area contributed by atoms with Gasteiger partial charge < -0.3 is 16.4 Å². The Balaban J connectivity index is 4.15. The second kappa shape index (κ2) is 8.08. The fraction of sp³-hybridized carbons (Fsp3) is 0.846. The number of nitrogens with two attached hydrogens (primary N) is 1. The molecule has 0 aliphatic rings. The van der Waals surface area contributed by atoms with Crippen molar-refractivity contribution in [2.45, 2.75) is 52.5 Å². The Morgan fingerprint density at radius 2 is 1.89 bits per heavy atom. The third-order valence-corrected chi connectivity index (χ3v) is 2.67. The molecule has 0 saturated heterocycles. The summed E-state index contributed by atoms with van der Waals surface area (Å²) in [6, 6.07) is 0. The lowest BCUT2D eigenvalue weighted by molar-refractivity contribution is -0.127. The molecule has 0 aliphatic carbocycles. The van der Waals surface area contributed by atoms with E-state index in [1.54, 1.807) is 0 Å². The van der Waals surface area contributed by atoms with Gasteiger partial charge in [-0.3, -0.25) is 9.59 Å². The van der Waals surface area contributed by atoms with Gasteiger partial charge in [0.2, 0.25) is 11.8 Å². The van der Waals surface area contributed by atoms with Crippen molar-refractivity contribution in [1.29, 1.82) is 0 Å². The van der Waals surface area contributed by atoms with Gasteiger partial charge in [0.05, 0.1) is 6.54 Å². The smallest absolute Gasteiger partial charge is 0.239 e. The van der Waals surface area contributed by atoms with Gasteiger partial charge in [0.15, 0.2) is 0 Å². The molecule has 0 spiro atoms. The van der Waals surface area contributed by atoms with Crippen LogP contribution in [0.1, 0.15) is 47.0 Å². The molecule has 0 bridgehead atoms. The van der Waals surface area contributed by atoms with E-state index in [1.807, 2.05) is 13.8 Å². The molecule has 0 aromatic heterocycles. The van der Waals surface area contributed by atoms with Crippen LogP contribution in [0, 0.1) is 5.92 Å². The Kier molecular flexibility index (Phi) is 7.59. The van der Waals surface area contributed by atoms with Gasteiger partial charge in [-0.2, -0.15) is 0 Å². The molecule has 0 rings (SSSR count). The zero-order valence-corrected chi connectivity index (χ0v) is 12.0. The zero-order valence-electron chi connectivity index (χ0n) is 12.0. The molecule has 0 saturated carbocycles. The predicted octanol–water partition coefficient (Wildman–Crippen LogP) is 0.782. The van der Waals surface area contributed by atoms with Crippen LogP contribution in [0.5, 0.6) is 0 Å². The fourth-order valence-electron chi connectivity index (χ4n) is 1.96. The van der Waals surface area contributed by atoms with Gasteiger partial charge in [0, 0.05) is 18.5 Å². The van der Waals surface area contributed by atoms with E-state index >= 15 is 0 Å². The second-order valence-electron chi connectivity index (χ2n) is 5.44. The summed E-state index contributed by atoms with van der Waals surface area (Å²) >= 11 is 0. The first-order valence-electron chi connectivity index (χ1n) is 6.60. The third kappa shape index (κ3) is 7.27. The van der Waals surface area contributed by atoms with Crippen LogP contribution in [-0.2, 0) is 9.59 Å². The molecule has 0 heterocycles. The van der Waals surface area contributed by atoms with E-state index in [-0.39, 0.29) is 18.4 Å². The van der Waals surface area contributed by atoms with E-state index in [0.29, 0.717) is 18.9 Å². The number of nitrogens with one attached hydrogen (secondary N) is 2. The Bertz CT molecular complexity index is 279.